The second kappa shape index (κ2) is 8.08. The Balaban J connectivity index is 2.21. The smallest absolute Gasteiger partial charge is 0.335 e. The summed E-state index contributed by atoms with van der Waals surface area (Å²) in [5, 5.41) is 9.28. The molecule has 2 aromatic carbocycles. The van der Waals surface area contributed by atoms with Crippen molar-refractivity contribution in [2.24, 2.45) is 4.99 Å². The summed E-state index contributed by atoms with van der Waals surface area (Å²) in [6.45, 7) is 13.3. The molecule has 0 saturated carbocycles. The SMILES string of the molecule is CC(C)(C)c1cc(N=CCCc2ccccc2C(=O)O)cc(C(C)(C)C)c1. The van der Waals surface area contributed by atoms with Crippen LogP contribution in [-0.2, 0) is 17.3 Å². The molecule has 0 radical (unpaired) electrons. The average Bonchev–Trinajstić information content (AvgIpc) is 2.57. The minimum absolute atomic E-state index is 0.0615. The molecule has 0 aliphatic heterocycles. The lowest BCUT2D eigenvalue weighted by Crippen LogP contribution is -2.16. The highest BCUT2D eigenvalue weighted by atomic mass is 16.4. The fourth-order valence-corrected chi connectivity index (χ4v) is 2.89. The standard InChI is InChI=1S/C24H31NO2/c1-23(2,3)18-14-19(24(4,5)6)16-20(15-18)25-13-9-11-17-10-7-8-12-21(17)22(26)27/h7-8,10,12-16H,9,11H2,1-6H3,(H,26,27). The van der Waals surface area contributed by atoms with Crippen LogP contribution in [0.2, 0.25) is 0 Å². The van der Waals surface area contributed by atoms with E-state index in [0.29, 0.717) is 18.4 Å². The van der Waals surface area contributed by atoms with Gasteiger partial charge >= 0.3 is 5.97 Å². The summed E-state index contributed by atoms with van der Waals surface area (Å²) < 4.78 is 0. The van der Waals surface area contributed by atoms with Gasteiger partial charge in [0.25, 0.3) is 0 Å². The number of nitrogens with zero attached hydrogens (tertiary/aromatic N) is 1. The summed E-state index contributed by atoms with van der Waals surface area (Å²) in [6, 6.07) is 13.7. The Morgan fingerprint density at radius 1 is 0.963 bits per heavy atom. The van der Waals surface area contributed by atoms with Crippen molar-refractivity contribution in [2.75, 3.05) is 0 Å². The van der Waals surface area contributed by atoms with Crippen LogP contribution in [0.1, 0.15) is 75.0 Å². The number of hydrogen-bond acceptors (Lipinski definition) is 2. The molecule has 0 aromatic heterocycles. The van der Waals surface area contributed by atoms with Crippen LogP contribution in [0.4, 0.5) is 5.69 Å². The first-order valence-corrected chi connectivity index (χ1v) is 9.48. The molecular formula is C24H31NO2. The van der Waals surface area contributed by atoms with Crippen molar-refractivity contribution in [3.8, 4) is 0 Å². The molecule has 0 spiro atoms. The van der Waals surface area contributed by atoms with E-state index in [1.807, 2.05) is 18.3 Å². The summed E-state index contributed by atoms with van der Waals surface area (Å²) in [5.74, 6) is -0.879. The zero-order valence-electron chi connectivity index (χ0n) is 17.3. The van der Waals surface area contributed by atoms with Crippen LogP contribution in [0.15, 0.2) is 47.5 Å². The first-order chi connectivity index (χ1) is 12.5. The third-order valence-corrected chi connectivity index (χ3v) is 4.68. The van der Waals surface area contributed by atoms with E-state index in [-0.39, 0.29) is 10.8 Å². The number of hydrogen-bond donors (Lipinski definition) is 1. The molecule has 0 amide bonds. The van der Waals surface area contributed by atoms with E-state index in [0.717, 1.165) is 11.3 Å². The lowest BCUT2D eigenvalue weighted by atomic mass is 9.80. The third kappa shape index (κ3) is 5.78. The van der Waals surface area contributed by atoms with Crippen LogP contribution in [-0.4, -0.2) is 17.3 Å². The minimum atomic E-state index is -0.879. The van der Waals surface area contributed by atoms with Crippen molar-refractivity contribution in [3.63, 3.8) is 0 Å². The van der Waals surface area contributed by atoms with Crippen molar-refractivity contribution >= 4 is 17.9 Å². The predicted octanol–water partition coefficient (Wildman–Crippen LogP) is 6.31. The fourth-order valence-electron chi connectivity index (χ4n) is 2.89. The average molecular weight is 366 g/mol. The maximum Gasteiger partial charge on any atom is 0.335 e. The Kier molecular flexibility index (Phi) is 6.25. The molecule has 2 aromatic rings. The van der Waals surface area contributed by atoms with Gasteiger partial charge in [0.1, 0.15) is 0 Å². The third-order valence-electron chi connectivity index (χ3n) is 4.68. The first-order valence-electron chi connectivity index (χ1n) is 9.48. The number of aromatic carboxylic acids is 1. The molecule has 144 valence electrons. The number of rotatable bonds is 5. The Morgan fingerprint density at radius 2 is 1.52 bits per heavy atom. The quantitative estimate of drug-likeness (QED) is 0.631. The summed E-state index contributed by atoms with van der Waals surface area (Å²) in [5.41, 5.74) is 4.85. The van der Waals surface area contributed by atoms with E-state index in [1.165, 1.54) is 11.1 Å². The fraction of sp³-hybridized carbons (Fsp3) is 0.417. The molecule has 0 heterocycles. The number of carboxylic acids is 1. The highest BCUT2D eigenvalue weighted by Gasteiger charge is 2.20. The first kappa shape index (κ1) is 20.9. The molecule has 3 heteroatoms. The van der Waals surface area contributed by atoms with Gasteiger partial charge in [-0.15, -0.1) is 0 Å². The van der Waals surface area contributed by atoms with Gasteiger partial charge in [-0.3, -0.25) is 4.99 Å². The highest BCUT2D eigenvalue weighted by Crippen LogP contribution is 2.32. The Bertz CT molecular complexity index is 804. The summed E-state index contributed by atoms with van der Waals surface area (Å²) in [7, 11) is 0. The van der Waals surface area contributed by atoms with Crippen molar-refractivity contribution in [2.45, 2.75) is 65.2 Å². The highest BCUT2D eigenvalue weighted by molar-refractivity contribution is 5.89. The number of aryl methyl sites for hydroxylation is 1. The van der Waals surface area contributed by atoms with Crippen molar-refractivity contribution < 1.29 is 9.90 Å². The predicted molar refractivity (Wildman–Crippen MR) is 114 cm³/mol. The molecule has 2 rings (SSSR count). The van der Waals surface area contributed by atoms with Gasteiger partial charge < -0.3 is 5.11 Å². The van der Waals surface area contributed by atoms with Crippen LogP contribution < -0.4 is 0 Å². The van der Waals surface area contributed by atoms with Crippen LogP contribution in [0.25, 0.3) is 0 Å². The van der Waals surface area contributed by atoms with Gasteiger partial charge in [0.15, 0.2) is 0 Å². The summed E-state index contributed by atoms with van der Waals surface area (Å²) in [6.07, 6.45) is 3.26. The van der Waals surface area contributed by atoms with Crippen molar-refractivity contribution in [1.82, 2.24) is 0 Å². The normalized spacial score (nSPS) is 12.5. The van der Waals surface area contributed by atoms with Gasteiger partial charge in [0.2, 0.25) is 0 Å². The Labute approximate surface area is 163 Å². The Hall–Kier alpha value is -2.42. The summed E-state index contributed by atoms with van der Waals surface area (Å²) >= 11 is 0. The zero-order chi connectivity index (χ0) is 20.2. The van der Waals surface area contributed by atoms with Crippen LogP contribution in [0.5, 0.6) is 0 Å². The molecular weight excluding hydrogens is 334 g/mol. The molecule has 0 aliphatic rings. The summed E-state index contributed by atoms with van der Waals surface area (Å²) in [4.78, 5) is 16.0. The van der Waals surface area contributed by atoms with Gasteiger partial charge in [-0.2, -0.15) is 0 Å². The molecule has 0 unspecified atom stereocenters. The number of benzene rings is 2. The van der Waals surface area contributed by atoms with Gasteiger partial charge in [0, 0.05) is 6.21 Å². The van der Waals surface area contributed by atoms with E-state index in [9.17, 15) is 9.90 Å². The molecule has 0 atom stereocenters. The lowest BCUT2D eigenvalue weighted by Gasteiger charge is -2.25. The number of carboxylic acid groups (broad SMARTS) is 1. The van der Waals surface area contributed by atoms with E-state index >= 15 is 0 Å². The Morgan fingerprint density at radius 3 is 2.04 bits per heavy atom. The van der Waals surface area contributed by atoms with Crippen LogP contribution >= 0.6 is 0 Å². The van der Waals surface area contributed by atoms with E-state index in [2.05, 4.69) is 64.7 Å². The second-order valence-corrected chi connectivity index (χ2v) is 9.08. The topological polar surface area (TPSA) is 49.7 Å². The molecule has 0 aliphatic carbocycles. The minimum Gasteiger partial charge on any atom is -0.478 e. The van der Waals surface area contributed by atoms with Crippen LogP contribution in [0, 0.1) is 0 Å². The van der Waals surface area contributed by atoms with Gasteiger partial charge in [-0.05, 0) is 58.6 Å². The molecule has 0 bridgehead atoms. The number of aliphatic imine (C=N–C) groups is 1. The van der Waals surface area contributed by atoms with E-state index in [4.69, 9.17) is 0 Å². The maximum atomic E-state index is 11.3. The second-order valence-electron chi connectivity index (χ2n) is 9.08. The van der Waals surface area contributed by atoms with Crippen molar-refractivity contribution in [1.29, 1.82) is 0 Å². The largest absolute Gasteiger partial charge is 0.478 e. The molecule has 27 heavy (non-hydrogen) atoms. The maximum absolute atomic E-state index is 11.3. The van der Waals surface area contributed by atoms with E-state index < -0.39 is 5.97 Å². The van der Waals surface area contributed by atoms with Crippen molar-refractivity contribution in [3.05, 3.63) is 64.7 Å². The van der Waals surface area contributed by atoms with Gasteiger partial charge in [-0.25, -0.2) is 4.79 Å². The van der Waals surface area contributed by atoms with E-state index in [1.54, 1.807) is 12.1 Å². The molecule has 3 nitrogen and oxygen atoms in total. The zero-order valence-corrected chi connectivity index (χ0v) is 17.3. The van der Waals surface area contributed by atoms with Gasteiger partial charge in [0.05, 0.1) is 11.3 Å². The molecule has 0 fully saturated rings. The van der Waals surface area contributed by atoms with Crippen LogP contribution in [0.3, 0.4) is 0 Å². The lowest BCUT2D eigenvalue weighted by molar-refractivity contribution is 0.0695. The number of carbonyl (C=O) groups is 1. The molecule has 0 saturated heterocycles. The monoisotopic (exact) mass is 365 g/mol. The molecule has 1 N–H and O–H groups in total. The van der Waals surface area contributed by atoms with Gasteiger partial charge in [-0.1, -0.05) is 65.8 Å².